The molecule has 0 aromatic heterocycles. The SMILES string of the molecule is CCO[P+](OCC)(OCC)OS(=O)(=O)CC. The minimum atomic E-state index is -3.67. The van der Waals surface area contributed by atoms with Crippen LogP contribution in [0.1, 0.15) is 27.7 Å². The van der Waals surface area contributed by atoms with Gasteiger partial charge in [0, 0.05) is 0 Å². The molecule has 0 aromatic carbocycles. The molecule has 0 rings (SSSR count). The summed E-state index contributed by atoms with van der Waals surface area (Å²) in [5.74, 6) is -0.151. The Morgan fingerprint density at radius 3 is 1.50 bits per heavy atom. The second-order valence-electron chi connectivity index (χ2n) is 2.62. The molecule has 0 aliphatic rings. The lowest BCUT2D eigenvalue weighted by molar-refractivity contribution is 0.101. The van der Waals surface area contributed by atoms with Crippen molar-refractivity contribution in [3.63, 3.8) is 0 Å². The minimum Gasteiger partial charge on any atom is -0.196 e. The molecule has 0 N–H and O–H groups in total. The molecular formula is C8H20O6PS+. The molecule has 0 unspecified atom stereocenters. The Hall–Kier alpha value is 0.220. The molecule has 0 saturated carbocycles. The molecule has 0 atom stereocenters. The van der Waals surface area contributed by atoms with Gasteiger partial charge in [0.05, 0.1) is 25.6 Å². The zero-order valence-electron chi connectivity index (χ0n) is 10.1. The number of hydrogen-bond acceptors (Lipinski definition) is 6. The van der Waals surface area contributed by atoms with Crippen LogP contribution in [0.15, 0.2) is 0 Å². The van der Waals surface area contributed by atoms with E-state index in [-0.39, 0.29) is 25.6 Å². The molecule has 0 fully saturated rings. The second-order valence-corrected chi connectivity index (χ2v) is 6.58. The van der Waals surface area contributed by atoms with Crippen LogP contribution in [0.4, 0.5) is 0 Å². The molecule has 98 valence electrons. The predicted octanol–water partition coefficient (Wildman–Crippen LogP) is 2.14. The highest BCUT2D eigenvalue weighted by Crippen LogP contribution is 2.64. The highest BCUT2D eigenvalue weighted by Gasteiger charge is 2.53. The van der Waals surface area contributed by atoms with Crippen LogP contribution in [-0.4, -0.2) is 34.0 Å². The third kappa shape index (κ3) is 5.52. The summed E-state index contributed by atoms with van der Waals surface area (Å²) in [7, 11) is -6.89. The van der Waals surface area contributed by atoms with Gasteiger partial charge < -0.3 is 0 Å². The van der Waals surface area contributed by atoms with E-state index in [2.05, 4.69) is 0 Å². The summed E-state index contributed by atoms with van der Waals surface area (Å²) >= 11 is 0. The Morgan fingerprint density at radius 2 is 1.25 bits per heavy atom. The van der Waals surface area contributed by atoms with Gasteiger partial charge in [0.1, 0.15) is 0 Å². The molecule has 0 radical (unpaired) electrons. The lowest BCUT2D eigenvalue weighted by atomic mass is 10.9. The van der Waals surface area contributed by atoms with Gasteiger partial charge in [-0.25, -0.2) is 0 Å². The third-order valence-corrected chi connectivity index (χ3v) is 5.49. The van der Waals surface area contributed by atoms with E-state index in [1.807, 2.05) is 0 Å². The largest absolute Gasteiger partial charge is 0.592 e. The molecule has 0 aliphatic carbocycles. The van der Waals surface area contributed by atoms with Crippen LogP contribution in [-0.2, 0) is 27.7 Å². The van der Waals surface area contributed by atoms with Crippen LogP contribution in [0, 0.1) is 0 Å². The molecular weight excluding hydrogens is 255 g/mol. The van der Waals surface area contributed by atoms with Crippen LogP contribution < -0.4 is 0 Å². The van der Waals surface area contributed by atoms with Crippen molar-refractivity contribution >= 4 is 18.3 Å². The molecule has 8 heteroatoms. The van der Waals surface area contributed by atoms with Gasteiger partial charge in [0.2, 0.25) is 0 Å². The van der Waals surface area contributed by atoms with E-state index in [9.17, 15) is 8.42 Å². The quantitative estimate of drug-likeness (QED) is 0.600. The molecule has 0 amide bonds. The van der Waals surface area contributed by atoms with Crippen LogP contribution in [0.3, 0.4) is 0 Å². The van der Waals surface area contributed by atoms with Gasteiger partial charge in [-0.3, -0.25) is 0 Å². The second kappa shape index (κ2) is 7.53. The van der Waals surface area contributed by atoms with Gasteiger partial charge in [0.25, 0.3) is 0 Å². The minimum absolute atomic E-state index is 0.151. The fraction of sp³-hybridized carbons (Fsp3) is 1.00. The molecule has 0 saturated heterocycles. The van der Waals surface area contributed by atoms with E-state index >= 15 is 0 Å². The Morgan fingerprint density at radius 1 is 0.875 bits per heavy atom. The summed E-state index contributed by atoms with van der Waals surface area (Å²) in [5, 5.41) is 0. The summed E-state index contributed by atoms with van der Waals surface area (Å²) in [6.07, 6.45) is 0. The average molecular weight is 275 g/mol. The van der Waals surface area contributed by atoms with Crippen molar-refractivity contribution in [2.24, 2.45) is 0 Å². The number of rotatable bonds is 9. The molecule has 0 spiro atoms. The Kier molecular flexibility index (Phi) is 7.63. The zero-order chi connectivity index (χ0) is 12.7. The first-order valence-corrected chi connectivity index (χ1v) is 8.25. The van der Waals surface area contributed by atoms with Gasteiger partial charge in [-0.2, -0.15) is 22.0 Å². The summed E-state index contributed by atoms with van der Waals surface area (Å²) in [6, 6.07) is 0. The van der Waals surface area contributed by atoms with Crippen molar-refractivity contribution in [3.05, 3.63) is 0 Å². The summed E-state index contributed by atoms with van der Waals surface area (Å²) in [5.41, 5.74) is 0. The molecule has 16 heavy (non-hydrogen) atoms. The van der Waals surface area contributed by atoms with Crippen LogP contribution in [0.2, 0.25) is 0 Å². The van der Waals surface area contributed by atoms with E-state index in [4.69, 9.17) is 17.5 Å². The van der Waals surface area contributed by atoms with Crippen molar-refractivity contribution in [3.8, 4) is 0 Å². The van der Waals surface area contributed by atoms with Gasteiger partial charge in [-0.15, -0.1) is 0 Å². The Balaban J connectivity index is 4.85. The van der Waals surface area contributed by atoms with Gasteiger partial charge >= 0.3 is 18.3 Å². The fourth-order valence-electron chi connectivity index (χ4n) is 0.842. The first kappa shape index (κ1) is 16.2. The maximum Gasteiger partial charge on any atom is 0.592 e. The summed E-state index contributed by atoms with van der Waals surface area (Å²) in [4.78, 5) is 0. The van der Waals surface area contributed by atoms with Crippen molar-refractivity contribution in [1.29, 1.82) is 0 Å². The van der Waals surface area contributed by atoms with Crippen molar-refractivity contribution in [2.75, 3.05) is 25.6 Å². The first-order chi connectivity index (χ1) is 7.45. The van der Waals surface area contributed by atoms with Gasteiger partial charge in [0.15, 0.2) is 0 Å². The maximum absolute atomic E-state index is 11.4. The summed E-state index contributed by atoms with van der Waals surface area (Å²) < 4.78 is 43.4. The van der Waals surface area contributed by atoms with Crippen LogP contribution in [0.5, 0.6) is 0 Å². The van der Waals surface area contributed by atoms with E-state index in [1.165, 1.54) is 6.92 Å². The van der Waals surface area contributed by atoms with E-state index < -0.39 is 18.3 Å². The van der Waals surface area contributed by atoms with Crippen LogP contribution >= 0.6 is 8.17 Å². The first-order valence-electron chi connectivity index (χ1n) is 5.21. The van der Waals surface area contributed by atoms with Crippen molar-refractivity contribution in [2.45, 2.75) is 27.7 Å². The van der Waals surface area contributed by atoms with Crippen molar-refractivity contribution in [1.82, 2.24) is 0 Å². The topological polar surface area (TPSA) is 71.1 Å². The smallest absolute Gasteiger partial charge is 0.196 e. The standard InChI is InChI=1S/C8H20O6PS/c1-5-11-15(12-6-2,13-7-3)14-16(9,10)8-4/h5-8H2,1-4H3/q+1. The molecule has 0 aliphatic heterocycles. The predicted molar refractivity (Wildman–Crippen MR) is 62.3 cm³/mol. The molecule has 0 heterocycles. The highest BCUT2D eigenvalue weighted by molar-refractivity contribution is 7.91. The van der Waals surface area contributed by atoms with Gasteiger partial charge in [-0.1, -0.05) is 0 Å². The normalized spacial score (nSPS) is 13.0. The monoisotopic (exact) mass is 275 g/mol. The molecule has 6 nitrogen and oxygen atoms in total. The van der Waals surface area contributed by atoms with E-state index in [1.54, 1.807) is 20.8 Å². The lowest BCUT2D eigenvalue weighted by Crippen LogP contribution is -2.16. The van der Waals surface area contributed by atoms with E-state index in [0.717, 1.165) is 0 Å². The van der Waals surface area contributed by atoms with Gasteiger partial charge in [-0.05, 0) is 31.7 Å². The zero-order valence-corrected chi connectivity index (χ0v) is 11.8. The Bertz CT molecular complexity index is 261. The lowest BCUT2D eigenvalue weighted by Gasteiger charge is -2.16. The third-order valence-electron chi connectivity index (χ3n) is 1.42. The van der Waals surface area contributed by atoms with Crippen LogP contribution in [0.25, 0.3) is 0 Å². The Labute approximate surface area is 98.0 Å². The maximum atomic E-state index is 11.4. The summed E-state index contributed by atoms with van der Waals surface area (Å²) in [6.45, 7) is 7.40. The molecule has 0 aromatic rings. The molecule has 0 bridgehead atoms. The highest BCUT2D eigenvalue weighted by atomic mass is 32.2. The average Bonchev–Trinajstić information content (AvgIpc) is 2.18. The van der Waals surface area contributed by atoms with Crippen molar-refractivity contribution < 1.29 is 26.0 Å². The van der Waals surface area contributed by atoms with E-state index in [0.29, 0.717) is 0 Å². The number of hydrogen-bond donors (Lipinski definition) is 0. The fourth-order valence-corrected chi connectivity index (χ4v) is 4.07.